The highest BCUT2D eigenvalue weighted by molar-refractivity contribution is 5.86. The Labute approximate surface area is 159 Å². The van der Waals surface area contributed by atoms with Crippen LogP contribution in [-0.2, 0) is 22.6 Å². The quantitative estimate of drug-likeness (QED) is 0.754. The Hall–Kier alpha value is -2.63. The van der Waals surface area contributed by atoms with E-state index in [-0.39, 0.29) is 24.3 Å². The first-order valence-electron chi connectivity index (χ1n) is 9.59. The van der Waals surface area contributed by atoms with Crippen LogP contribution < -0.4 is 0 Å². The molecule has 1 unspecified atom stereocenters. The first-order valence-corrected chi connectivity index (χ1v) is 9.59. The molecule has 1 aliphatic carbocycles. The molecule has 1 aromatic heterocycles. The molecule has 1 saturated heterocycles. The molecule has 0 radical (unpaired) electrons. The summed E-state index contributed by atoms with van der Waals surface area (Å²) in [6, 6.07) is 12.1. The zero-order valence-electron chi connectivity index (χ0n) is 15.6. The van der Waals surface area contributed by atoms with Crippen molar-refractivity contribution in [3.8, 4) is 0 Å². The van der Waals surface area contributed by atoms with E-state index in [9.17, 15) is 9.59 Å². The summed E-state index contributed by atoms with van der Waals surface area (Å²) in [7, 11) is 1.75. The molecule has 1 saturated carbocycles. The van der Waals surface area contributed by atoms with Gasteiger partial charge in [0.15, 0.2) is 0 Å². The average Bonchev–Trinajstić information content (AvgIpc) is 3.31. The molecular weight excluding hydrogens is 342 g/mol. The number of amides is 2. The number of likely N-dealkylation sites (tertiary alicyclic amines) is 1. The molecule has 1 atom stereocenters. The van der Waals surface area contributed by atoms with Gasteiger partial charge in [-0.3, -0.25) is 9.59 Å². The molecular formula is C21H25N3O3. The van der Waals surface area contributed by atoms with Gasteiger partial charge in [-0.05, 0) is 30.7 Å². The fraction of sp³-hybridized carbons (Fsp3) is 0.476. The van der Waals surface area contributed by atoms with E-state index in [4.69, 9.17) is 4.52 Å². The Kier molecular flexibility index (Phi) is 4.97. The Bertz CT molecular complexity index is 813. The molecule has 27 heavy (non-hydrogen) atoms. The van der Waals surface area contributed by atoms with E-state index >= 15 is 0 Å². The van der Waals surface area contributed by atoms with Crippen LogP contribution in [0.15, 0.2) is 40.9 Å². The average molecular weight is 367 g/mol. The lowest BCUT2D eigenvalue weighted by Crippen LogP contribution is -2.39. The molecule has 4 rings (SSSR count). The summed E-state index contributed by atoms with van der Waals surface area (Å²) in [5, 5.41) is 4.06. The summed E-state index contributed by atoms with van der Waals surface area (Å²) < 4.78 is 5.34. The van der Waals surface area contributed by atoms with Crippen LogP contribution in [0.2, 0.25) is 0 Å². The summed E-state index contributed by atoms with van der Waals surface area (Å²) >= 11 is 0. The molecule has 2 fully saturated rings. The van der Waals surface area contributed by atoms with Crippen molar-refractivity contribution < 1.29 is 14.1 Å². The number of benzene rings is 1. The highest BCUT2D eigenvalue weighted by atomic mass is 16.5. The third-order valence-electron chi connectivity index (χ3n) is 5.37. The van der Waals surface area contributed by atoms with Crippen molar-refractivity contribution in [1.82, 2.24) is 15.0 Å². The van der Waals surface area contributed by atoms with Crippen molar-refractivity contribution in [2.75, 3.05) is 20.1 Å². The molecule has 6 nitrogen and oxygen atoms in total. The van der Waals surface area contributed by atoms with Gasteiger partial charge in [0.25, 0.3) is 0 Å². The summed E-state index contributed by atoms with van der Waals surface area (Å²) in [4.78, 5) is 28.1. The summed E-state index contributed by atoms with van der Waals surface area (Å²) in [5.74, 6) is 1.70. The summed E-state index contributed by atoms with van der Waals surface area (Å²) in [5.41, 5.74) is 2.00. The van der Waals surface area contributed by atoms with Gasteiger partial charge in [-0.2, -0.15) is 0 Å². The summed E-state index contributed by atoms with van der Waals surface area (Å²) in [6.45, 7) is 1.18. The second kappa shape index (κ2) is 7.55. The monoisotopic (exact) mass is 367 g/mol. The van der Waals surface area contributed by atoms with Crippen LogP contribution >= 0.6 is 0 Å². The van der Waals surface area contributed by atoms with Gasteiger partial charge in [0, 0.05) is 32.0 Å². The van der Waals surface area contributed by atoms with E-state index in [1.54, 1.807) is 16.8 Å². The van der Waals surface area contributed by atoms with Gasteiger partial charge in [0.05, 0.1) is 13.1 Å². The maximum atomic E-state index is 12.5. The van der Waals surface area contributed by atoms with Gasteiger partial charge in [-0.1, -0.05) is 35.5 Å². The number of carbonyl (C=O) groups excluding carboxylic acids is 2. The zero-order valence-corrected chi connectivity index (χ0v) is 15.6. The Balaban J connectivity index is 1.28. The van der Waals surface area contributed by atoms with E-state index in [1.807, 2.05) is 24.3 Å². The normalized spacial score (nSPS) is 19.5. The topological polar surface area (TPSA) is 66.7 Å². The lowest BCUT2D eigenvalue weighted by molar-refractivity contribution is -0.137. The van der Waals surface area contributed by atoms with E-state index in [2.05, 4.69) is 17.3 Å². The van der Waals surface area contributed by atoms with Crippen LogP contribution in [0.4, 0.5) is 0 Å². The van der Waals surface area contributed by atoms with Crippen molar-refractivity contribution in [2.45, 2.75) is 38.1 Å². The maximum Gasteiger partial charge on any atom is 0.242 e. The molecule has 2 heterocycles. The first kappa shape index (κ1) is 17.8. The van der Waals surface area contributed by atoms with E-state index in [0.717, 1.165) is 30.7 Å². The predicted molar refractivity (Wildman–Crippen MR) is 99.8 cm³/mol. The molecule has 2 aliphatic rings. The van der Waals surface area contributed by atoms with Crippen molar-refractivity contribution in [3.05, 3.63) is 53.4 Å². The number of carbonyl (C=O) groups is 2. The Morgan fingerprint density at radius 2 is 2.07 bits per heavy atom. The molecule has 142 valence electrons. The number of hydrogen-bond donors (Lipinski definition) is 0. The molecule has 2 aromatic rings. The van der Waals surface area contributed by atoms with Gasteiger partial charge in [0.2, 0.25) is 11.8 Å². The number of nitrogens with zero attached hydrogens (tertiary/aromatic N) is 3. The largest absolute Gasteiger partial charge is 0.361 e. The van der Waals surface area contributed by atoms with Crippen LogP contribution in [0.1, 0.15) is 42.2 Å². The minimum absolute atomic E-state index is 0.0649. The second-order valence-corrected chi connectivity index (χ2v) is 7.78. The van der Waals surface area contributed by atoms with Gasteiger partial charge >= 0.3 is 0 Å². The van der Waals surface area contributed by atoms with E-state index in [0.29, 0.717) is 25.4 Å². The Morgan fingerprint density at radius 3 is 2.81 bits per heavy atom. The van der Waals surface area contributed by atoms with Gasteiger partial charge in [0.1, 0.15) is 11.5 Å². The van der Waals surface area contributed by atoms with Crippen LogP contribution in [0, 0.1) is 5.92 Å². The highest BCUT2D eigenvalue weighted by Crippen LogP contribution is 2.40. The van der Waals surface area contributed by atoms with Crippen molar-refractivity contribution in [2.24, 2.45) is 5.92 Å². The number of hydrogen-bond acceptors (Lipinski definition) is 4. The minimum atomic E-state index is -0.0697. The second-order valence-electron chi connectivity index (χ2n) is 7.78. The molecule has 6 heteroatoms. The Morgan fingerprint density at radius 1 is 1.30 bits per heavy atom. The maximum absolute atomic E-state index is 12.5. The molecule has 1 aromatic carbocycles. The highest BCUT2D eigenvalue weighted by Gasteiger charge is 2.32. The van der Waals surface area contributed by atoms with Crippen LogP contribution in [0.3, 0.4) is 0 Å². The van der Waals surface area contributed by atoms with E-state index < -0.39 is 0 Å². The molecule has 0 N–H and O–H groups in total. The lowest BCUT2D eigenvalue weighted by atomic mass is 9.99. The number of rotatable bonds is 7. The minimum Gasteiger partial charge on any atom is -0.361 e. The standard InChI is InChI=1S/C21H25N3O3/c1-23(13-18-11-19(27-22-18)17-7-8-17)21(26)14-24-12-16(10-20(24)25)9-15-5-3-2-4-6-15/h2-6,11,16-17H,7-10,12-14H2,1H3. The zero-order chi connectivity index (χ0) is 18.8. The molecule has 1 aliphatic heterocycles. The third-order valence-corrected chi connectivity index (χ3v) is 5.37. The van der Waals surface area contributed by atoms with Crippen molar-refractivity contribution >= 4 is 11.8 Å². The van der Waals surface area contributed by atoms with Gasteiger partial charge < -0.3 is 14.3 Å². The van der Waals surface area contributed by atoms with E-state index in [1.165, 1.54) is 5.56 Å². The lowest BCUT2D eigenvalue weighted by Gasteiger charge is -2.21. The number of aromatic nitrogens is 1. The van der Waals surface area contributed by atoms with Crippen molar-refractivity contribution in [1.29, 1.82) is 0 Å². The van der Waals surface area contributed by atoms with Crippen LogP contribution in [-0.4, -0.2) is 46.9 Å². The molecule has 0 bridgehead atoms. The van der Waals surface area contributed by atoms with Crippen molar-refractivity contribution in [3.63, 3.8) is 0 Å². The third kappa shape index (κ3) is 4.38. The first-order chi connectivity index (χ1) is 13.1. The number of likely N-dealkylation sites (N-methyl/N-ethyl adjacent to an activating group) is 1. The fourth-order valence-electron chi connectivity index (χ4n) is 3.67. The smallest absolute Gasteiger partial charge is 0.242 e. The van der Waals surface area contributed by atoms with Gasteiger partial charge in [-0.25, -0.2) is 0 Å². The van der Waals surface area contributed by atoms with Gasteiger partial charge in [-0.15, -0.1) is 0 Å². The summed E-state index contributed by atoms with van der Waals surface area (Å²) in [6.07, 6.45) is 3.70. The van der Waals surface area contributed by atoms with Crippen LogP contribution in [0.25, 0.3) is 0 Å². The SMILES string of the molecule is CN(Cc1cc(C2CC2)on1)C(=O)CN1CC(Cc2ccccc2)CC1=O. The molecule has 2 amide bonds. The van der Waals surface area contributed by atoms with Crippen LogP contribution in [0.5, 0.6) is 0 Å². The fourth-order valence-corrected chi connectivity index (χ4v) is 3.67. The molecule has 0 spiro atoms. The predicted octanol–water partition coefficient (Wildman–Crippen LogP) is 2.60.